The number of carbonyl (C=O) groups is 1. The molecule has 3 saturated carbocycles. The van der Waals surface area contributed by atoms with Crippen LogP contribution in [0.1, 0.15) is 68.1 Å². The van der Waals surface area contributed by atoms with Gasteiger partial charge in [0, 0.05) is 18.3 Å². The molecule has 0 saturated heterocycles. The highest BCUT2D eigenvalue weighted by molar-refractivity contribution is 5.97. The number of rotatable bonds is 7. The average molecular weight is 345 g/mol. The predicted octanol–water partition coefficient (Wildman–Crippen LogP) is 2.44. The van der Waals surface area contributed by atoms with E-state index in [1.807, 2.05) is 0 Å². The minimum absolute atomic E-state index is 0.357. The Balaban J connectivity index is 1.36. The van der Waals surface area contributed by atoms with Crippen LogP contribution in [0.2, 0.25) is 0 Å². The Morgan fingerprint density at radius 1 is 1.00 bits per heavy atom. The zero-order valence-electron chi connectivity index (χ0n) is 14.5. The summed E-state index contributed by atoms with van der Waals surface area (Å²) in [4.78, 5) is 20.4. The summed E-state index contributed by atoms with van der Waals surface area (Å²) >= 11 is 0. The summed E-state index contributed by atoms with van der Waals surface area (Å²) < 4.78 is 6.00. The SMILES string of the molecule is NC(=O)c1cnc(NC2CCC(OC3CC3)CC2)nc1NC1CCC1. The van der Waals surface area contributed by atoms with Gasteiger partial charge in [0.1, 0.15) is 5.82 Å². The van der Waals surface area contributed by atoms with Crippen LogP contribution in [0.4, 0.5) is 11.8 Å². The van der Waals surface area contributed by atoms with Gasteiger partial charge in [-0.3, -0.25) is 4.79 Å². The number of nitrogens with zero attached hydrogens (tertiary/aromatic N) is 2. The fraction of sp³-hybridized carbons (Fsp3) is 0.722. The molecule has 1 heterocycles. The van der Waals surface area contributed by atoms with Crippen molar-refractivity contribution in [3.8, 4) is 0 Å². The first-order valence-electron chi connectivity index (χ1n) is 9.53. The maximum absolute atomic E-state index is 11.6. The van der Waals surface area contributed by atoms with Gasteiger partial charge in [0.05, 0.1) is 17.8 Å². The lowest BCUT2D eigenvalue weighted by Gasteiger charge is -2.30. The molecule has 25 heavy (non-hydrogen) atoms. The number of primary amides is 1. The van der Waals surface area contributed by atoms with Crippen molar-refractivity contribution in [1.29, 1.82) is 0 Å². The van der Waals surface area contributed by atoms with Crippen LogP contribution in [0.3, 0.4) is 0 Å². The Labute approximate surface area is 148 Å². The Hall–Kier alpha value is -1.89. The zero-order chi connectivity index (χ0) is 17.2. The maximum Gasteiger partial charge on any atom is 0.254 e. The molecule has 3 fully saturated rings. The molecule has 0 aliphatic heterocycles. The fourth-order valence-corrected chi connectivity index (χ4v) is 3.49. The van der Waals surface area contributed by atoms with Crippen molar-refractivity contribution in [1.82, 2.24) is 9.97 Å². The Morgan fingerprint density at radius 3 is 2.20 bits per heavy atom. The molecule has 1 aromatic rings. The standard InChI is InChI=1S/C18H27N5O2/c19-16(24)15-10-20-18(23-17(15)21-11-2-1-3-11)22-12-4-6-13(7-5-12)25-14-8-9-14/h10-14H,1-9H2,(H2,19,24)(H2,20,21,22,23). The summed E-state index contributed by atoms with van der Waals surface area (Å²) in [5.74, 6) is 0.630. The van der Waals surface area contributed by atoms with Gasteiger partial charge in [0.2, 0.25) is 5.95 Å². The highest BCUT2D eigenvalue weighted by atomic mass is 16.5. The molecule has 7 nitrogen and oxygen atoms in total. The molecule has 0 unspecified atom stereocenters. The Bertz CT molecular complexity index is 622. The first kappa shape index (κ1) is 16.6. The minimum atomic E-state index is -0.494. The number of carbonyl (C=O) groups excluding carboxylic acids is 1. The first-order valence-corrected chi connectivity index (χ1v) is 9.53. The van der Waals surface area contributed by atoms with Gasteiger partial charge in [-0.25, -0.2) is 4.98 Å². The summed E-state index contributed by atoms with van der Waals surface area (Å²) in [6, 6.07) is 0.742. The monoisotopic (exact) mass is 345 g/mol. The molecule has 1 aromatic heterocycles. The zero-order valence-corrected chi connectivity index (χ0v) is 14.5. The van der Waals surface area contributed by atoms with Crippen LogP contribution >= 0.6 is 0 Å². The highest BCUT2D eigenvalue weighted by Gasteiger charge is 2.29. The first-order chi connectivity index (χ1) is 12.2. The molecular weight excluding hydrogens is 318 g/mol. The van der Waals surface area contributed by atoms with E-state index >= 15 is 0 Å². The van der Waals surface area contributed by atoms with Gasteiger partial charge >= 0.3 is 0 Å². The molecular formula is C18H27N5O2. The van der Waals surface area contributed by atoms with E-state index in [1.54, 1.807) is 0 Å². The highest BCUT2D eigenvalue weighted by Crippen LogP contribution is 2.31. The number of hydrogen-bond donors (Lipinski definition) is 3. The molecule has 1 amide bonds. The normalized spacial score (nSPS) is 26.7. The number of ether oxygens (including phenoxy) is 1. The molecule has 0 atom stereocenters. The molecule has 0 aromatic carbocycles. The summed E-state index contributed by atoms with van der Waals surface area (Å²) in [6.07, 6.45) is 12.6. The molecule has 4 N–H and O–H groups in total. The number of amides is 1. The number of nitrogens with two attached hydrogens (primary N) is 1. The van der Waals surface area contributed by atoms with E-state index in [4.69, 9.17) is 10.5 Å². The van der Waals surface area contributed by atoms with Crippen LogP contribution in [0.5, 0.6) is 0 Å². The van der Waals surface area contributed by atoms with Crippen molar-refractivity contribution in [2.45, 2.75) is 82.1 Å². The maximum atomic E-state index is 11.6. The Kier molecular flexibility index (Phi) is 4.74. The van der Waals surface area contributed by atoms with Crippen LogP contribution in [-0.2, 0) is 4.74 Å². The van der Waals surface area contributed by atoms with Crippen molar-refractivity contribution >= 4 is 17.7 Å². The number of anilines is 2. The number of nitrogens with one attached hydrogen (secondary N) is 2. The van der Waals surface area contributed by atoms with E-state index in [2.05, 4.69) is 20.6 Å². The predicted molar refractivity (Wildman–Crippen MR) is 95.6 cm³/mol. The van der Waals surface area contributed by atoms with E-state index in [0.717, 1.165) is 38.5 Å². The topological polar surface area (TPSA) is 102 Å². The second-order valence-electron chi connectivity index (χ2n) is 7.55. The smallest absolute Gasteiger partial charge is 0.254 e. The molecule has 3 aliphatic carbocycles. The fourth-order valence-electron chi connectivity index (χ4n) is 3.49. The van der Waals surface area contributed by atoms with Gasteiger partial charge in [-0.15, -0.1) is 0 Å². The van der Waals surface area contributed by atoms with E-state index < -0.39 is 5.91 Å². The third kappa shape index (κ3) is 4.21. The van der Waals surface area contributed by atoms with Crippen molar-refractivity contribution in [3.63, 3.8) is 0 Å². The molecule has 0 bridgehead atoms. The van der Waals surface area contributed by atoms with Gasteiger partial charge in [0.25, 0.3) is 5.91 Å². The second kappa shape index (κ2) is 7.15. The van der Waals surface area contributed by atoms with Gasteiger partial charge in [-0.2, -0.15) is 4.98 Å². The van der Waals surface area contributed by atoms with E-state index in [-0.39, 0.29) is 0 Å². The van der Waals surface area contributed by atoms with Crippen LogP contribution in [0.15, 0.2) is 6.20 Å². The van der Waals surface area contributed by atoms with Crippen LogP contribution in [0, 0.1) is 0 Å². The van der Waals surface area contributed by atoms with Crippen molar-refractivity contribution < 1.29 is 9.53 Å². The van der Waals surface area contributed by atoms with Gasteiger partial charge in [-0.05, 0) is 57.8 Å². The quantitative estimate of drug-likeness (QED) is 0.701. The average Bonchev–Trinajstić information content (AvgIpc) is 3.37. The summed E-state index contributed by atoms with van der Waals surface area (Å²) in [7, 11) is 0. The summed E-state index contributed by atoms with van der Waals surface area (Å²) in [6.45, 7) is 0. The van der Waals surface area contributed by atoms with Crippen molar-refractivity contribution in [2.24, 2.45) is 5.73 Å². The van der Waals surface area contributed by atoms with Gasteiger partial charge in [0.15, 0.2) is 0 Å². The lowest BCUT2D eigenvalue weighted by molar-refractivity contribution is 0.0146. The molecule has 4 rings (SSSR count). The third-order valence-corrected chi connectivity index (χ3v) is 5.42. The van der Waals surface area contributed by atoms with Gasteiger partial charge < -0.3 is 21.1 Å². The largest absolute Gasteiger partial charge is 0.375 e. The Morgan fingerprint density at radius 2 is 1.64 bits per heavy atom. The molecule has 136 valence electrons. The van der Waals surface area contributed by atoms with E-state index in [0.29, 0.717) is 41.6 Å². The molecule has 3 aliphatic rings. The molecule has 7 heteroatoms. The lowest BCUT2D eigenvalue weighted by atomic mass is 9.93. The summed E-state index contributed by atoms with van der Waals surface area (Å²) in [5.41, 5.74) is 5.81. The summed E-state index contributed by atoms with van der Waals surface area (Å²) in [5, 5.41) is 6.75. The van der Waals surface area contributed by atoms with E-state index in [1.165, 1.54) is 25.5 Å². The third-order valence-electron chi connectivity index (χ3n) is 5.42. The van der Waals surface area contributed by atoms with Crippen molar-refractivity contribution in [2.75, 3.05) is 10.6 Å². The molecule has 0 spiro atoms. The van der Waals surface area contributed by atoms with Crippen molar-refractivity contribution in [3.05, 3.63) is 11.8 Å². The van der Waals surface area contributed by atoms with Crippen LogP contribution in [-0.4, -0.2) is 40.2 Å². The van der Waals surface area contributed by atoms with Crippen LogP contribution < -0.4 is 16.4 Å². The number of aromatic nitrogens is 2. The molecule has 0 radical (unpaired) electrons. The minimum Gasteiger partial charge on any atom is -0.375 e. The van der Waals surface area contributed by atoms with E-state index in [9.17, 15) is 4.79 Å². The van der Waals surface area contributed by atoms with Crippen LogP contribution in [0.25, 0.3) is 0 Å². The lowest BCUT2D eigenvalue weighted by Crippen LogP contribution is -2.32. The number of hydrogen-bond acceptors (Lipinski definition) is 6. The van der Waals surface area contributed by atoms with Gasteiger partial charge in [-0.1, -0.05) is 0 Å². The second-order valence-corrected chi connectivity index (χ2v) is 7.55.